The zero-order chi connectivity index (χ0) is 21.5. The lowest BCUT2D eigenvalue weighted by Crippen LogP contribution is -2.20. The molecule has 158 valence electrons. The van der Waals surface area contributed by atoms with Crippen molar-refractivity contribution in [2.75, 3.05) is 5.32 Å². The number of nitrogens with one attached hydrogen (secondary N) is 3. The van der Waals surface area contributed by atoms with E-state index in [4.69, 9.17) is 0 Å². The number of benzene rings is 1. The molecule has 0 amide bonds. The Kier molecular flexibility index (Phi) is 4.50. The van der Waals surface area contributed by atoms with Crippen molar-refractivity contribution in [2.24, 2.45) is 4.99 Å². The van der Waals surface area contributed by atoms with E-state index in [1.165, 1.54) is 18.2 Å². The van der Waals surface area contributed by atoms with Crippen LogP contribution in [-0.2, 0) is 6.54 Å². The average Bonchev–Trinajstić information content (AvgIpc) is 3.36. The number of rotatable bonds is 5. The van der Waals surface area contributed by atoms with Crippen molar-refractivity contribution < 1.29 is 13.9 Å². The monoisotopic (exact) mass is 425 g/mol. The maximum absolute atomic E-state index is 14.0. The van der Waals surface area contributed by atoms with Gasteiger partial charge in [-0.3, -0.25) is 9.98 Å². The van der Waals surface area contributed by atoms with Gasteiger partial charge < -0.3 is 15.4 Å². The number of anilines is 1. The van der Waals surface area contributed by atoms with Crippen molar-refractivity contribution in [2.45, 2.75) is 25.4 Å². The zero-order valence-corrected chi connectivity index (χ0v) is 16.1. The Morgan fingerprint density at radius 3 is 2.84 bits per heavy atom. The normalized spacial score (nSPS) is 15.2. The summed E-state index contributed by atoms with van der Waals surface area (Å²) in [6, 6.07) is 5.32. The van der Waals surface area contributed by atoms with E-state index in [2.05, 4.69) is 30.4 Å². The molecule has 0 saturated heterocycles. The maximum atomic E-state index is 14.0. The van der Waals surface area contributed by atoms with Crippen molar-refractivity contribution in [1.29, 1.82) is 0 Å². The van der Waals surface area contributed by atoms with E-state index in [0.29, 0.717) is 27.7 Å². The molecule has 3 heterocycles. The second-order valence-electron chi connectivity index (χ2n) is 7.27. The number of imidazole rings is 1. The van der Waals surface area contributed by atoms with Gasteiger partial charge in [-0.2, -0.15) is 9.61 Å². The van der Waals surface area contributed by atoms with Gasteiger partial charge in [0.1, 0.15) is 23.1 Å². The Hall–Kier alpha value is -4.02. The Bertz CT molecular complexity index is 1470. The Labute approximate surface area is 172 Å². The molecule has 0 aliphatic heterocycles. The van der Waals surface area contributed by atoms with Gasteiger partial charge in [-0.05, 0) is 25.0 Å². The molecule has 31 heavy (non-hydrogen) atoms. The molecule has 0 radical (unpaired) electrons. The molecule has 0 unspecified atom stereocenters. The highest BCUT2D eigenvalue weighted by Crippen LogP contribution is 2.22. The highest BCUT2D eigenvalue weighted by atomic mass is 19.1. The molecule has 3 aromatic heterocycles. The van der Waals surface area contributed by atoms with Crippen LogP contribution >= 0.6 is 0 Å². The number of hydrogen-bond donors (Lipinski definition) is 4. The number of halogens is 2. The lowest BCUT2D eigenvalue weighted by Gasteiger charge is -2.07. The second-order valence-corrected chi connectivity index (χ2v) is 7.27. The van der Waals surface area contributed by atoms with E-state index in [-0.39, 0.29) is 24.2 Å². The molecule has 9 nitrogen and oxygen atoms in total. The minimum atomic E-state index is -0.651. The SMILES string of the molecule is O=c1[nH]c(O)c(/C=c2/cnn3c(=NC4CC4)cc(NCc4ccc(F)cc4F)nc23)[nH]1. The molecule has 4 N–H and O–H groups in total. The number of nitrogens with zero attached hydrogens (tertiary/aromatic N) is 4. The second kappa shape index (κ2) is 7.35. The molecule has 0 spiro atoms. The average molecular weight is 425 g/mol. The van der Waals surface area contributed by atoms with Crippen LogP contribution in [0.15, 0.2) is 40.2 Å². The Morgan fingerprint density at radius 1 is 1.29 bits per heavy atom. The third-order valence-corrected chi connectivity index (χ3v) is 4.85. The lowest BCUT2D eigenvalue weighted by molar-refractivity contribution is 0.454. The first-order chi connectivity index (χ1) is 15.0. The summed E-state index contributed by atoms with van der Waals surface area (Å²) in [4.78, 5) is 25.3. The summed E-state index contributed by atoms with van der Waals surface area (Å²) in [6.45, 7) is 0.0945. The largest absolute Gasteiger partial charge is 0.493 e. The summed E-state index contributed by atoms with van der Waals surface area (Å²) in [5.41, 5.74) is 0.945. The summed E-state index contributed by atoms with van der Waals surface area (Å²) in [7, 11) is 0. The van der Waals surface area contributed by atoms with E-state index in [9.17, 15) is 18.7 Å². The number of aromatic amines is 2. The Morgan fingerprint density at radius 2 is 2.13 bits per heavy atom. The van der Waals surface area contributed by atoms with Gasteiger partial charge >= 0.3 is 5.69 Å². The fourth-order valence-corrected chi connectivity index (χ4v) is 3.14. The molecule has 4 aromatic rings. The Balaban J connectivity index is 1.58. The molecule has 5 rings (SSSR count). The summed E-state index contributed by atoms with van der Waals surface area (Å²) < 4.78 is 28.7. The van der Waals surface area contributed by atoms with E-state index < -0.39 is 17.3 Å². The highest BCUT2D eigenvalue weighted by Gasteiger charge is 2.20. The summed E-state index contributed by atoms with van der Waals surface area (Å²) in [6.07, 6.45) is 5.06. The van der Waals surface area contributed by atoms with Crippen LogP contribution in [0, 0.1) is 11.6 Å². The van der Waals surface area contributed by atoms with Gasteiger partial charge in [0.15, 0.2) is 11.1 Å². The van der Waals surface area contributed by atoms with Crippen molar-refractivity contribution in [3.8, 4) is 5.88 Å². The highest BCUT2D eigenvalue weighted by molar-refractivity contribution is 5.57. The van der Waals surface area contributed by atoms with E-state index in [0.717, 1.165) is 18.9 Å². The molecule has 1 aromatic carbocycles. The molecule has 1 aliphatic carbocycles. The molecule has 1 fully saturated rings. The molecular weight excluding hydrogens is 408 g/mol. The van der Waals surface area contributed by atoms with E-state index in [1.807, 2.05) is 0 Å². The van der Waals surface area contributed by atoms with Gasteiger partial charge in [0.25, 0.3) is 0 Å². The zero-order valence-electron chi connectivity index (χ0n) is 16.1. The van der Waals surface area contributed by atoms with Crippen LogP contribution in [0.4, 0.5) is 14.6 Å². The molecule has 1 aliphatic rings. The third-order valence-electron chi connectivity index (χ3n) is 4.85. The molecule has 0 bridgehead atoms. The predicted octanol–water partition coefficient (Wildman–Crippen LogP) is 0.952. The molecule has 11 heteroatoms. The van der Waals surface area contributed by atoms with Gasteiger partial charge in [0.05, 0.1) is 12.2 Å². The van der Waals surface area contributed by atoms with Gasteiger partial charge in [-0.1, -0.05) is 6.07 Å². The number of hydrogen-bond acceptors (Lipinski definition) is 6. The van der Waals surface area contributed by atoms with Crippen molar-refractivity contribution in [3.05, 3.63) is 74.5 Å². The summed E-state index contributed by atoms with van der Waals surface area (Å²) in [5, 5.41) is 17.7. The first kappa shape index (κ1) is 19.0. The number of aromatic hydroxyl groups is 1. The maximum Gasteiger partial charge on any atom is 0.326 e. The number of fused-ring (bicyclic) bond motifs is 1. The molecule has 0 atom stereocenters. The van der Waals surface area contributed by atoms with Crippen molar-refractivity contribution >= 4 is 17.5 Å². The summed E-state index contributed by atoms with van der Waals surface area (Å²) >= 11 is 0. The minimum absolute atomic E-state index is 0.0945. The molecular formula is C20H17F2N7O2. The quantitative estimate of drug-likeness (QED) is 0.379. The predicted molar refractivity (Wildman–Crippen MR) is 107 cm³/mol. The van der Waals surface area contributed by atoms with Crippen molar-refractivity contribution in [3.63, 3.8) is 0 Å². The summed E-state index contributed by atoms with van der Waals surface area (Å²) in [5.74, 6) is -1.16. The van der Waals surface area contributed by atoms with E-state index >= 15 is 0 Å². The number of H-pyrrole nitrogens is 2. The fraction of sp³-hybridized carbons (Fsp3) is 0.200. The standard InChI is InChI=1S/C20H17F2N7O2/c21-12-2-1-10(14(22)6-12)8-23-16-7-17(25-13-3-4-13)29-18(27-16)11(9-24-29)5-15-19(30)28-20(31)26-15/h1-2,5-7,9,13,23,30H,3-4,8H2,(H2,26,28,31)/b11-5-,25-17?. The van der Waals surface area contributed by atoms with Crippen LogP contribution in [0.3, 0.4) is 0 Å². The smallest absolute Gasteiger partial charge is 0.326 e. The van der Waals surface area contributed by atoms with E-state index in [1.54, 1.807) is 16.8 Å². The van der Waals surface area contributed by atoms with Crippen LogP contribution in [0.5, 0.6) is 5.88 Å². The van der Waals surface area contributed by atoms with Crippen LogP contribution < -0.4 is 21.7 Å². The van der Waals surface area contributed by atoms with Gasteiger partial charge in [0.2, 0.25) is 5.88 Å². The van der Waals surface area contributed by atoms with Crippen LogP contribution in [0.25, 0.3) is 11.7 Å². The van der Waals surface area contributed by atoms with Crippen LogP contribution in [0.1, 0.15) is 24.1 Å². The minimum Gasteiger partial charge on any atom is -0.493 e. The first-order valence-electron chi connectivity index (χ1n) is 9.60. The van der Waals surface area contributed by atoms with Crippen molar-refractivity contribution in [1.82, 2.24) is 24.6 Å². The third kappa shape index (κ3) is 3.89. The van der Waals surface area contributed by atoms with Gasteiger partial charge in [-0.25, -0.2) is 18.6 Å². The number of aromatic nitrogens is 5. The van der Waals surface area contributed by atoms with Gasteiger partial charge in [0, 0.05) is 29.5 Å². The van der Waals surface area contributed by atoms with Crippen LogP contribution in [0.2, 0.25) is 0 Å². The topological polar surface area (TPSA) is 123 Å². The van der Waals surface area contributed by atoms with Crippen LogP contribution in [-0.4, -0.2) is 35.7 Å². The first-order valence-corrected chi connectivity index (χ1v) is 9.60. The lowest BCUT2D eigenvalue weighted by atomic mass is 10.2. The fourth-order valence-electron chi connectivity index (χ4n) is 3.14. The van der Waals surface area contributed by atoms with Gasteiger partial charge in [-0.15, -0.1) is 0 Å². The molecule has 1 saturated carbocycles.